The zero-order chi connectivity index (χ0) is 29.1. The van der Waals surface area contributed by atoms with Crippen LogP contribution in [-0.2, 0) is 30.2 Å². The molecule has 0 radical (unpaired) electrons. The van der Waals surface area contributed by atoms with E-state index in [-0.39, 0.29) is 24.8 Å². The molecule has 4 rings (SSSR count). The van der Waals surface area contributed by atoms with E-state index >= 15 is 0 Å². The zero-order valence-corrected chi connectivity index (χ0v) is 22.3. The first-order chi connectivity index (χ1) is 18.9. The van der Waals surface area contributed by atoms with Crippen LogP contribution >= 0.6 is 0 Å². The molecule has 2 aromatic carbocycles. The summed E-state index contributed by atoms with van der Waals surface area (Å²) >= 11 is 0. The van der Waals surface area contributed by atoms with Crippen LogP contribution in [0.15, 0.2) is 48.5 Å². The van der Waals surface area contributed by atoms with Gasteiger partial charge < -0.3 is 9.64 Å². The van der Waals surface area contributed by atoms with Crippen molar-refractivity contribution in [3.8, 4) is 0 Å². The summed E-state index contributed by atoms with van der Waals surface area (Å²) in [5.74, 6) is 1.13. The quantitative estimate of drug-likeness (QED) is 0.246. The van der Waals surface area contributed by atoms with Gasteiger partial charge in [-0.2, -0.15) is 26.3 Å². The number of hydrogen-bond donors (Lipinski definition) is 0. The molecule has 40 heavy (non-hydrogen) atoms. The van der Waals surface area contributed by atoms with E-state index in [1.54, 1.807) is 6.92 Å². The Kier molecular flexibility index (Phi) is 8.80. The van der Waals surface area contributed by atoms with Crippen LogP contribution in [-0.4, -0.2) is 35.7 Å². The van der Waals surface area contributed by atoms with Crippen molar-refractivity contribution in [2.75, 3.05) is 24.6 Å². The monoisotopic (exact) mass is 567 g/mol. The maximum absolute atomic E-state index is 13.5. The van der Waals surface area contributed by atoms with Crippen molar-refractivity contribution in [1.29, 1.82) is 0 Å². The molecule has 3 aromatic rings. The van der Waals surface area contributed by atoms with E-state index in [1.807, 2.05) is 37.3 Å². The summed E-state index contributed by atoms with van der Waals surface area (Å²) in [5.41, 5.74) is -1.83. The van der Waals surface area contributed by atoms with E-state index < -0.39 is 36.1 Å². The Bertz CT molecular complexity index is 1310. The van der Waals surface area contributed by atoms with E-state index in [2.05, 4.69) is 4.90 Å². The van der Waals surface area contributed by atoms with Crippen molar-refractivity contribution < 1.29 is 35.9 Å². The molecule has 0 atom stereocenters. The number of carbonyl (C=O) groups excluding carboxylic acids is 1. The first-order valence-electron chi connectivity index (χ1n) is 13.2. The van der Waals surface area contributed by atoms with E-state index in [0.29, 0.717) is 36.0 Å². The number of para-hydroxylation sites is 1. The number of fused-ring (bicyclic) bond motifs is 1. The third kappa shape index (κ3) is 6.98. The van der Waals surface area contributed by atoms with Crippen LogP contribution in [0.3, 0.4) is 0 Å². The molecule has 1 aromatic heterocycles. The Morgan fingerprint density at radius 1 is 0.950 bits per heavy atom. The van der Waals surface area contributed by atoms with Gasteiger partial charge in [0.2, 0.25) is 0 Å². The standard InChI is InChI=1S/C29H31F6N3O2/c1-3-37(16-19-8-7-9-19)26-22(14-21-10-5-6-11-25(21)36-26)18-38(27(39)40-4-2)17-20-12-23(28(30,31)32)15-24(13-20)29(33,34)35/h5-6,10-15,19H,3-4,7-9,16-18H2,1-2H3. The number of halogens is 6. The molecule has 216 valence electrons. The maximum atomic E-state index is 13.5. The third-order valence-corrected chi connectivity index (χ3v) is 7.07. The molecule has 1 aliphatic carbocycles. The molecule has 11 heteroatoms. The van der Waals surface area contributed by atoms with Gasteiger partial charge in [-0.3, -0.25) is 4.90 Å². The highest BCUT2D eigenvalue weighted by Gasteiger charge is 2.37. The van der Waals surface area contributed by atoms with E-state index in [4.69, 9.17) is 9.72 Å². The van der Waals surface area contributed by atoms with Gasteiger partial charge in [-0.1, -0.05) is 24.6 Å². The van der Waals surface area contributed by atoms with Crippen LogP contribution in [0, 0.1) is 5.92 Å². The fraction of sp³-hybridized carbons (Fsp3) is 0.448. The number of carbonyl (C=O) groups is 1. The average Bonchev–Trinajstić information content (AvgIpc) is 2.86. The van der Waals surface area contributed by atoms with Crippen molar-refractivity contribution in [2.24, 2.45) is 5.92 Å². The maximum Gasteiger partial charge on any atom is 0.416 e. The second-order valence-corrected chi connectivity index (χ2v) is 9.97. The molecule has 1 saturated carbocycles. The summed E-state index contributed by atoms with van der Waals surface area (Å²) in [6.45, 7) is 4.30. The average molecular weight is 568 g/mol. The number of alkyl halides is 6. The van der Waals surface area contributed by atoms with Gasteiger partial charge in [0.25, 0.3) is 0 Å². The number of rotatable bonds is 9. The Hall–Kier alpha value is -3.50. The fourth-order valence-corrected chi connectivity index (χ4v) is 4.83. The summed E-state index contributed by atoms with van der Waals surface area (Å²) in [7, 11) is 0. The van der Waals surface area contributed by atoms with E-state index in [9.17, 15) is 31.1 Å². The van der Waals surface area contributed by atoms with Crippen LogP contribution in [0.2, 0.25) is 0 Å². The first kappa shape index (κ1) is 29.5. The largest absolute Gasteiger partial charge is 0.450 e. The van der Waals surface area contributed by atoms with Crippen LogP contribution in [0.1, 0.15) is 55.4 Å². The molecular formula is C29H31F6N3O2. The molecule has 5 nitrogen and oxygen atoms in total. The smallest absolute Gasteiger partial charge is 0.416 e. The van der Waals surface area contributed by atoms with Crippen molar-refractivity contribution in [2.45, 2.75) is 58.6 Å². The number of ether oxygens (including phenoxy) is 1. The lowest BCUT2D eigenvalue weighted by Crippen LogP contribution is -2.35. The number of anilines is 1. The summed E-state index contributed by atoms with van der Waals surface area (Å²) in [6.07, 6.45) is -7.48. The Morgan fingerprint density at radius 2 is 1.60 bits per heavy atom. The number of hydrogen-bond acceptors (Lipinski definition) is 4. The van der Waals surface area contributed by atoms with Gasteiger partial charge in [0.15, 0.2) is 0 Å². The highest BCUT2D eigenvalue weighted by atomic mass is 19.4. The van der Waals surface area contributed by atoms with Crippen LogP contribution < -0.4 is 4.90 Å². The zero-order valence-electron chi connectivity index (χ0n) is 22.3. The SMILES string of the molecule is CCOC(=O)N(Cc1cc(C(F)(F)F)cc(C(F)(F)F)c1)Cc1cc2ccccc2nc1N(CC)CC1CCC1. The van der Waals surface area contributed by atoms with Gasteiger partial charge in [0.1, 0.15) is 5.82 Å². The van der Waals surface area contributed by atoms with Crippen molar-refractivity contribution in [3.63, 3.8) is 0 Å². The topological polar surface area (TPSA) is 45.7 Å². The molecule has 0 N–H and O–H groups in total. The summed E-state index contributed by atoms with van der Waals surface area (Å²) in [5, 5.41) is 0.795. The van der Waals surface area contributed by atoms with Gasteiger partial charge in [-0.25, -0.2) is 9.78 Å². The predicted molar refractivity (Wildman–Crippen MR) is 140 cm³/mol. The van der Waals surface area contributed by atoms with Crippen LogP contribution in [0.4, 0.5) is 37.0 Å². The van der Waals surface area contributed by atoms with Crippen LogP contribution in [0.25, 0.3) is 10.9 Å². The Balaban J connectivity index is 1.75. The highest BCUT2D eigenvalue weighted by Crippen LogP contribution is 2.37. The molecular weight excluding hydrogens is 536 g/mol. The van der Waals surface area contributed by atoms with Crippen LogP contribution in [0.5, 0.6) is 0 Å². The number of benzene rings is 2. The minimum Gasteiger partial charge on any atom is -0.450 e. The molecule has 1 heterocycles. The van der Waals surface area contributed by atoms with Crippen molar-refractivity contribution >= 4 is 22.8 Å². The number of amides is 1. The number of nitrogens with zero attached hydrogens (tertiary/aromatic N) is 3. The van der Waals surface area contributed by atoms with Gasteiger partial charge in [0, 0.05) is 30.6 Å². The lowest BCUT2D eigenvalue weighted by atomic mass is 9.85. The fourth-order valence-electron chi connectivity index (χ4n) is 4.83. The minimum atomic E-state index is -5.00. The molecule has 0 aliphatic heterocycles. The van der Waals surface area contributed by atoms with Crippen molar-refractivity contribution in [3.05, 3.63) is 70.8 Å². The summed E-state index contributed by atoms with van der Waals surface area (Å²) < 4.78 is 86.0. The third-order valence-electron chi connectivity index (χ3n) is 7.07. The Labute approximate surface area is 228 Å². The molecule has 1 amide bonds. The summed E-state index contributed by atoms with van der Waals surface area (Å²) in [6, 6.07) is 10.6. The van der Waals surface area contributed by atoms with Crippen molar-refractivity contribution in [1.82, 2.24) is 9.88 Å². The molecule has 0 saturated heterocycles. The van der Waals surface area contributed by atoms with E-state index in [1.165, 1.54) is 0 Å². The lowest BCUT2D eigenvalue weighted by molar-refractivity contribution is -0.143. The number of aromatic nitrogens is 1. The minimum absolute atomic E-state index is 0.0165. The normalized spacial score (nSPS) is 14.2. The number of pyridine rings is 1. The second kappa shape index (κ2) is 11.9. The van der Waals surface area contributed by atoms with Gasteiger partial charge in [-0.05, 0) is 68.5 Å². The predicted octanol–water partition coefficient (Wildman–Crippen LogP) is 8.06. The first-order valence-corrected chi connectivity index (χ1v) is 13.2. The molecule has 0 bridgehead atoms. The van der Waals surface area contributed by atoms with Gasteiger partial charge in [-0.15, -0.1) is 0 Å². The van der Waals surface area contributed by atoms with Gasteiger partial charge in [0.05, 0.1) is 29.8 Å². The second-order valence-electron chi connectivity index (χ2n) is 9.97. The molecule has 0 spiro atoms. The molecule has 1 aliphatic rings. The summed E-state index contributed by atoms with van der Waals surface area (Å²) in [4.78, 5) is 21.1. The van der Waals surface area contributed by atoms with Gasteiger partial charge >= 0.3 is 18.4 Å². The Morgan fingerprint density at radius 3 is 2.15 bits per heavy atom. The highest BCUT2D eigenvalue weighted by molar-refractivity contribution is 5.82. The molecule has 1 fully saturated rings. The molecule has 0 unspecified atom stereocenters. The van der Waals surface area contributed by atoms with E-state index in [0.717, 1.165) is 41.6 Å². The lowest BCUT2D eigenvalue weighted by Gasteiger charge is -2.34.